The van der Waals surface area contributed by atoms with E-state index in [4.69, 9.17) is 10.1 Å². The molecule has 0 spiro atoms. The number of benzene rings is 1. The first kappa shape index (κ1) is 25.4. The first-order valence-corrected chi connectivity index (χ1v) is 13.6. The molecule has 2 aromatic rings. The maximum atomic E-state index is 13.9. The zero-order valence-electron chi connectivity index (χ0n) is 21.9. The van der Waals surface area contributed by atoms with E-state index in [-0.39, 0.29) is 24.2 Å². The first-order valence-electron chi connectivity index (χ1n) is 13.6. The molecule has 0 radical (unpaired) electrons. The van der Waals surface area contributed by atoms with Gasteiger partial charge in [0, 0.05) is 43.9 Å². The highest BCUT2D eigenvalue weighted by molar-refractivity contribution is 5.76. The molecule has 3 aliphatic rings. The van der Waals surface area contributed by atoms with Crippen LogP contribution >= 0.6 is 0 Å². The van der Waals surface area contributed by atoms with Crippen LogP contribution in [0.25, 0.3) is 11.4 Å². The fourth-order valence-corrected chi connectivity index (χ4v) is 5.61. The second kappa shape index (κ2) is 11.4. The highest BCUT2D eigenvalue weighted by Gasteiger charge is 2.30. The predicted molar refractivity (Wildman–Crippen MR) is 144 cm³/mol. The second-order valence-electron chi connectivity index (χ2n) is 10.5. The van der Waals surface area contributed by atoms with Crippen LogP contribution in [0.5, 0.6) is 0 Å². The van der Waals surface area contributed by atoms with E-state index in [1.807, 2.05) is 21.9 Å². The molecule has 0 bridgehead atoms. The van der Waals surface area contributed by atoms with Crippen LogP contribution in [-0.4, -0.2) is 62.9 Å². The predicted octanol–water partition coefficient (Wildman–Crippen LogP) is 5.09. The molecule has 1 aromatic heterocycles. The van der Waals surface area contributed by atoms with E-state index in [0.29, 0.717) is 30.4 Å². The molecule has 2 fully saturated rings. The van der Waals surface area contributed by atoms with E-state index < -0.39 is 0 Å². The molecule has 1 aliphatic carbocycles. The zero-order chi connectivity index (χ0) is 25.8. The molecule has 37 heavy (non-hydrogen) atoms. The van der Waals surface area contributed by atoms with Crippen molar-refractivity contribution in [1.82, 2.24) is 24.6 Å². The van der Waals surface area contributed by atoms with Crippen molar-refractivity contribution in [3.05, 3.63) is 59.5 Å². The summed E-state index contributed by atoms with van der Waals surface area (Å²) in [4.78, 5) is 27.1. The van der Waals surface area contributed by atoms with Gasteiger partial charge in [-0.1, -0.05) is 32.3 Å². The van der Waals surface area contributed by atoms with Gasteiger partial charge >= 0.3 is 0 Å². The van der Waals surface area contributed by atoms with Gasteiger partial charge in [-0.3, -0.25) is 4.79 Å². The van der Waals surface area contributed by atoms with Gasteiger partial charge in [-0.05, 0) is 68.0 Å². The minimum atomic E-state index is -0.240. The molecular weight excluding hydrogens is 467 g/mol. The molecule has 0 N–H and O–H groups in total. The van der Waals surface area contributed by atoms with Crippen LogP contribution in [0.3, 0.4) is 0 Å². The Morgan fingerprint density at radius 3 is 2.70 bits per heavy atom. The molecule has 2 unspecified atom stereocenters. The Labute approximate surface area is 218 Å². The summed E-state index contributed by atoms with van der Waals surface area (Å²) in [7, 11) is 0. The fraction of sp³-hybridized carbons (Fsp3) is 0.517. The molecule has 2 atom stereocenters. The largest absolute Gasteiger partial charge is 0.353 e. The van der Waals surface area contributed by atoms with Gasteiger partial charge < -0.3 is 9.80 Å². The van der Waals surface area contributed by atoms with Crippen molar-refractivity contribution >= 4 is 12.1 Å². The number of aryl methyl sites for hydroxylation is 1. The summed E-state index contributed by atoms with van der Waals surface area (Å²) < 4.78 is 15.7. The minimum Gasteiger partial charge on any atom is -0.353 e. The SMILES string of the molecule is Cc1cc(-c2nc(C3CCCCC3C)n(CC(=O)N3CCN(C4=C/CC/C=C/C=N\4)CC3)n2)ccc1F. The second-order valence-corrected chi connectivity index (χ2v) is 10.5. The van der Waals surface area contributed by atoms with Crippen molar-refractivity contribution in [2.45, 2.75) is 64.8 Å². The van der Waals surface area contributed by atoms with Gasteiger partial charge in [0.15, 0.2) is 5.82 Å². The lowest BCUT2D eigenvalue weighted by Gasteiger charge is -2.36. The lowest BCUT2D eigenvalue weighted by molar-refractivity contribution is -0.133. The van der Waals surface area contributed by atoms with Crippen LogP contribution in [0.2, 0.25) is 0 Å². The summed E-state index contributed by atoms with van der Waals surface area (Å²) in [5, 5.41) is 4.79. The number of carbonyl (C=O) groups excluding carboxylic acids is 1. The van der Waals surface area contributed by atoms with Crippen molar-refractivity contribution < 1.29 is 9.18 Å². The van der Waals surface area contributed by atoms with Gasteiger partial charge in [0.1, 0.15) is 24.0 Å². The van der Waals surface area contributed by atoms with Crippen molar-refractivity contribution in [2.24, 2.45) is 10.9 Å². The van der Waals surface area contributed by atoms with Gasteiger partial charge in [-0.2, -0.15) is 5.10 Å². The maximum absolute atomic E-state index is 13.9. The number of allylic oxidation sites excluding steroid dienone is 3. The van der Waals surface area contributed by atoms with Gasteiger partial charge in [0.05, 0.1) is 0 Å². The summed E-state index contributed by atoms with van der Waals surface area (Å²) in [6.45, 7) is 7.05. The number of hydrogen-bond acceptors (Lipinski definition) is 5. The summed E-state index contributed by atoms with van der Waals surface area (Å²) >= 11 is 0. The van der Waals surface area contributed by atoms with E-state index in [9.17, 15) is 9.18 Å². The number of halogens is 1. The summed E-state index contributed by atoms with van der Waals surface area (Å²) in [6.07, 6.45) is 14.8. The number of carbonyl (C=O) groups is 1. The summed E-state index contributed by atoms with van der Waals surface area (Å²) in [5.74, 6) is 3.05. The number of aromatic nitrogens is 3. The van der Waals surface area contributed by atoms with Crippen molar-refractivity contribution in [3.63, 3.8) is 0 Å². The summed E-state index contributed by atoms with van der Waals surface area (Å²) in [5.41, 5.74) is 1.35. The van der Waals surface area contributed by atoms with E-state index in [1.165, 1.54) is 12.5 Å². The maximum Gasteiger partial charge on any atom is 0.244 e. The third-order valence-electron chi connectivity index (χ3n) is 7.89. The molecule has 1 amide bonds. The summed E-state index contributed by atoms with van der Waals surface area (Å²) in [6, 6.07) is 4.97. The Morgan fingerprint density at radius 1 is 1.11 bits per heavy atom. The number of aliphatic imine (C=N–C) groups is 1. The molecule has 196 valence electrons. The molecule has 7 nitrogen and oxygen atoms in total. The Morgan fingerprint density at radius 2 is 1.92 bits per heavy atom. The van der Waals surface area contributed by atoms with Crippen LogP contribution in [0.15, 0.2) is 47.2 Å². The molecule has 3 heterocycles. The standard InChI is InChI=1S/C29H37FN6O/c1-21-9-6-7-10-24(21)29-32-28(23-12-13-25(30)22(2)19-23)33-36(29)20-27(37)35-17-15-34(16-18-35)26-11-5-3-4-8-14-31-26/h4,8,11-14,19,21,24H,3,5-7,9-10,15-18,20H2,1-2H3/b8-4+,26-11+,31-14-. The van der Waals surface area contributed by atoms with Gasteiger partial charge in [0.2, 0.25) is 5.91 Å². The third kappa shape index (κ3) is 5.84. The Balaban J connectivity index is 1.32. The van der Waals surface area contributed by atoms with Crippen LogP contribution in [0, 0.1) is 18.7 Å². The highest BCUT2D eigenvalue weighted by Crippen LogP contribution is 2.37. The average molecular weight is 505 g/mol. The quantitative estimate of drug-likeness (QED) is 0.569. The molecule has 1 aromatic carbocycles. The number of amides is 1. The third-order valence-corrected chi connectivity index (χ3v) is 7.89. The lowest BCUT2D eigenvalue weighted by atomic mass is 9.80. The fourth-order valence-electron chi connectivity index (χ4n) is 5.61. The number of nitrogens with zero attached hydrogens (tertiary/aromatic N) is 6. The topological polar surface area (TPSA) is 66.6 Å². The van der Waals surface area contributed by atoms with Crippen molar-refractivity contribution in [1.29, 1.82) is 0 Å². The number of rotatable bonds is 5. The van der Waals surface area contributed by atoms with E-state index in [2.05, 4.69) is 29.0 Å². The average Bonchev–Trinajstić information content (AvgIpc) is 3.29. The normalized spacial score (nSPS) is 25.6. The Bertz CT molecular complexity index is 1210. The number of piperazine rings is 1. The van der Waals surface area contributed by atoms with Gasteiger partial charge in [-0.15, -0.1) is 0 Å². The van der Waals surface area contributed by atoms with Gasteiger partial charge in [0.25, 0.3) is 0 Å². The Kier molecular flexibility index (Phi) is 7.82. The first-order chi connectivity index (χ1) is 18.0. The van der Waals surface area contributed by atoms with Crippen LogP contribution in [0.1, 0.15) is 62.8 Å². The molecule has 2 aliphatic heterocycles. The molecule has 1 saturated carbocycles. The van der Waals surface area contributed by atoms with Crippen LogP contribution < -0.4 is 0 Å². The van der Waals surface area contributed by atoms with Crippen LogP contribution in [0.4, 0.5) is 4.39 Å². The highest BCUT2D eigenvalue weighted by atomic mass is 19.1. The molecule has 5 rings (SSSR count). The van der Waals surface area contributed by atoms with E-state index >= 15 is 0 Å². The lowest BCUT2D eigenvalue weighted by Crippen LogP contribution is -2.49. The van der Waals surface area contributed by atoms with Crippen LogP contribution in [-0.2, 0) is 11.3 Å². The number of hydrogen-bond donors (Lipinski definition) is 0. The minimum absolute atomic E-state index is 0.0641. The molecule has 1 saturated heterocycles. The van der Waals surface area contributed by atoms with Gasteiger partial charge in [-0.25, -0.2) is 19.0 Å². The Hall–Kier alpha value is -3.29. The molecular formula is C29H37FN6O. The molecule has 8 heteroatoms. The monoisotopic (exact) mass is 504 g/mol. The smallest absolute Gasteiger partial charge is 0.244 e. The van der Waals surface area contributed by atoms with E-state index in [1.54, 1.807) is 19.1 Å². The van der Waals surface area contributed by atoms with E-state index in [0.717, 1.165) is 62.4 Å². The van der Waals surface area contributed by atoms with Crippen molar-refractivity contribution in [2.75, 3.05) is 26.2 Å². The van der Waals surface area contributed by atoms with Crippen molar-refractivity contribution in [3.8, 4) is 11.4 Å². The zero-order valence-corrected chi connectivity index (χ0v) is 21.9.